The van der Waals surface area contributed by atoms with Crippen LogP contribution in [0.1, 0.15) is 24.1 Å². The highest BCUT2D eigenvalue weighted by Crippen LogP contribution is 2.26. The Balaban J connectivity index is 1.84. The summed E-state index contributed by atoms with van der Waals surface area (Å²) in [6, 6.07) is 15.4. The average Bonchev–Trinajstić information content (AvgIpc) is 2.89. The van der Waals surface area contributed by atoms with Gasteiger partial charge < -0.3 is 5.32 Å². The molecule has 7 heteroatoms. The van der Waals surface area contributed by atoms with E-state index >= 15 is 0 Å². The van der Waals surface area contributed by atoms with Crippen molar-refractivity contribution in [3.8, 4) is 0 Å². The number of nitrogens with zero attached hydrogens (tertiary/aromatic N) is 2. The SMILES string of the molecule is CC(c1ccccc1)N1C(=O)/C(=C/c2ccc([N+](=O)[O-])cc2)NC1=S. The van der Waals surface area contributed by atoms with E-state index in [1.54, 1.807) is 18.2 Å². The van der Waals surface area contributed by atoms with E-state index < -0.39 is 4.92 Å². The molecular formula is C18H15N3O3S. The fourth-order valence-electron chi connectivity index (χ4n) is 2.64. The summed E-state index contributed by atoms with van der Waals surface area (Å²) < 4.78 is 0. The van der Waals surface area contributed by atoms with Gasteiger partial charge in [-0.2, -0.15) is 0 Å². The molecule has 25 heavy (non-hydrogen) atoms. The normalized spacial score (nSPS) is 16.8. The van der Waals surface area contributed by atoms with Crippen molar-refractivity contribution in [2.24, 2.45) is 0 Å². The number of hydrogen-bond donors (Lipinski definition) is 1. The maximum atomic E-state index is 12.7. The van der Waals surface area contributed by atoms with Crippen LogP contribution in [0.5, 0.6) is 0 Å². The first-order valence-electron chi connectivity index (χ1n) is 7.63. The quantitative estimate of drug-likeness (QED) is 0.394. The number of thiocarbonyl (C=S) groups is 1. The van der Waals surface area contributed by atoms with Crippen LogP contribution in [-0.4, -0.2) is 20.8 Å². The third-order valence-electron chi connectivity index (χ3n) is 3.99. The van der Waals surface area contributed by atoms with Crippen molar-refractivity contribution in [2.75, 3.05) is 0 Å². The molecule has 0 bridgehead atoms. The highest BCUT2D eigenvalue weighted by Gasteiger charge is 2.34. The molecule has 3 rings (SSSR count). The van der Waals surface area contributed by atoms with Crippen molar-refractivity contribution in [1.29, 1.82) is 0 Å². The van der Waals surface area contributed by atoms with Gasteiger partial charge in [0.1, 0.15) is 5.70 Å². The molecule has 1 N–H and O–H groups in total. The lowest BCUT2D eigenvalue weighted by Crippen LogP contribution is -2.33. The molecule has 1 fully saturated rings. The molecule has 2 aromatic carbocycles. The minimum Gasteiger partial charge on any atom is -0.328 e. The molecule has 1 saturated heterocycles. The Labute approximate surface area is 149 Å². The van der Waals surface area contributed by atoms with Gasteiger partial charge in [-0.3, -0.25) is 19.8 Å². The summed E-state index contributed by atoms with van der Waals surface area (Å²) in [5.41, 5.74) is 2.01. The van der Waals surface area contributed by atoms with E-state index in [-0.39, 0.29) is 17.6 Å². The van der Waals surface area contributed by atoms with Gasteiger partial charge in [-0.1, -0.05) is 30.3 Å². The summed E-state index contributed by atoms with van der Waals surface area (Å²) in [5, 5.41) is 14.0. The zero-order valence-corrected chi connectivity index (χ0v) is 14.2. The van der Waals surface area contributed by atoms with Gasteiger partial charge >= 0.3 is 0 Å². The van der Waals surface area contributed by atoms with E-state index in [2.05, 4.69) is 5.32 Å². The summed E-state index contributed by atoms with van der Waals surface area (Å²) in [7, 11) is 0. The fraction of sp³-hybridized carbons (Fsp3) is 0.111. The average molecular weight is 353 g/mol. The van der Waals surface area contributed by atoms with Crippen LogP contribution in [0.25, 0.3) is 6.08 Å². The van der Waals surface area contributed by atoms with Crippen LogP contribution in [0.2, 0.25) is 0 Å². The van der Waals surface area contributed by atoms with Crippen molar-refractivity contribution in [1.82, 2.24) is 10.2 Å². The molecule has 1 heterocycles. The van der Waals surface area contributed by atoms with Crippen LogP contribution in [0.4, 0.5) is 5.69 Å². The van der Waals surface area contributed by atoms with Crippen molar-refractivity contribution in [2.45, 2.75) is 13.0 Å². The summed E-state index contributed by atoms with van der Waals surface area (Å²) in [6.07, 6.45) is 1.63. The van der Waals surface area contributed by atoms with E-state index in [4.69, 9.17) is 12.2 Å². The van der Waals surface area contributed by atoms with Gasteiger partial charge in [-0.05, 0) is 48.5 Å². The fourth-order valence-corrected chi connectivity index (χ4v) is 2.99. The number of benzene rings is 2. The number of carbonyl (C=O) groups excluding carboxylic acids is 1. The Morgan fingerprint density at radius 2 is 1.80 bits per heavy atom. The maximum Gasteiger partial charge on any atom is 0.277 e. The molecule has 126 valence electrons. The summed E-state index contributed by atoms with van der Waals surface area (Å²) in [5.74, 6) is -0.222. The molecule has 1 atom stereocenters. The first kappa shape index (κ1) is 16.8. The minimum atomic E-state index is -0.464. The van der Waals surface area contributed by atoms with E-state index in [0.717, 1.165) is 5.56 Å². The lowest BCUT2D eigenvalue weighted by atomic mass is 10.1. The molecule has 0 saturated carbocycles. The Morgan fingerprint density at radius 1 is 1.16 bits per heavy atom. The highest BCUT2D eigenvalue weighted by molar-refractivity contribution is 7.80. The first-order valence-corrected chi connectivity index (χ1v) is 8.04. The van der Waals surface area contributed by atoms with Crippen molar-refractivity contribution < 1.29 is 9.72 Å². The highest BCUT2D eigenvalue weighted by atomic mass is 32.1. The second-order valence-corrected chi connectivity index (χ2v) is 5.99. The van der Waals surface area contributed by atoms with E-state index in [9.17, 15) is 14.9 Å². The lowest BCUT2D eigenvalue weighted by Gasteiger charge is -2.23. The zero-order valence-electron chi connectivity index (χ0n) is 13.4. The Bertz CT molecular complexity index is 863. The number of non-ortho nitro benzene ring substituents is 1. The summed E-state index contributed by atoms with van der Waals surface area (Å²) >= 11 is 5.31. The van der Waals surface area contributed by atoms with Crippen LogP contribution in [-0.2, 0) is 4.79 Å². The number of nitro benzene ring substituents is 1. The number of nitrogens with one attached hydrogen (secondary N) is 1. The molecule has 1 unspecified atom stereocenters. The Kier molecular flexibility index (Phi) is 4.58. The summed E-state index contributed by atoms with van der Waals surface area (Å²) in [4.78, 5) is 24.5. The van der Waals surface area contributed by atoms with Crippen LogP contribution in [0.15, 0.2) is 60.3 Å². The largest absolute Gasteiger partial charge is 0.328 e. The zero-order chi connectivity index (χ0) is 18.0. The third-order valence-corrected chi connectivity index (χ3v) is 4.29. The predicted octanol–water partition coefficient (Wildman–Crippen LogP) is 3.41. The second-order valence-electron chi connectivity index (χ2n) is 5.60. The number of hydrogen-bond acceptors (Lipinski definition) is 4. The molecule has 0 spiro atoms. The van der Waals surface area contributed by atoms with Gasteiger partial charge in [0.05, 0.1) is 11.0 Å². The predicted molar refractivity (Wildman–Crippen MR) is 98.5 cm³/mol. The number of amides is 1. The number of carbonyl (C=O) groups is 1. The standard InChI is InChI=1S/C18H15N3O3S/c1-12(14-5-3-2-4-6-14)20-17(22)16(19-18(20)25)11-13-7-9-15(10-8-13)21(23)24/h2-12H,1H3,(H,19,25)/b16-11-. The van der Waals surface area contributed by atoms with Gasteiger partial charge in [0, 0.05) is 12.1 Å². The maximum absolute atomic E-state index is 12.7. The van der Waals surface area contributed by atoms with Crippen LogP contribution < -0.4 is 5.32 Å². The smallest absolute Gasteiger partial charge is 0.277 e. The molecular weight excluding hydrogens is 338 g/mol. The van der Waals surface area contributed by atoms with Crippen LogP contribution in [0, 0.1) is 10.1 Å². The molecule has 6 nitrogen and oxygen atoms in total. The number of nitro groups is 1. The van der Waals surface area contributed by atoms with Crippen molar-refractivity contribution in [3.05, 3.63) is 81.5 Å². The monoisotopic (exact) mass is 353 g/mol. The van der Waals surface area contributed by atoms with Crippen LogP contribution >= 0.6 is 12.2 Å². The molecule has 1 amide bonds. The Hall–Kier alpha value is -3.06. The molecule has 1 aliphatic rings. The molecule has 1 aliphatic heterocycles. The third kappa shape index (κ3) is 3.41. The summed E-state index contributed by atoms with van der Waals surface area (Å²) in [6.45, 7) is 1.91. The van der Waals surface area contributed by atoms with Gasteiger partial charge in [0.25, 0.3) is 11.6 Å². The van der Waals surface area contributed by atoms with Gasteiger partial charge in [-0.15, -0.1) is 0 Å². The molecule has 0 radical (unpaired) electrons. The van der Waals surface area contributed by atoms with Crippen molar-refractivity contribution in [3.63, 3.8) is 0 Å². The lowest BCUT2D eigenvalue weighted by molar-refractivity contribution is -0.384. The van der Waals surface area contributed by atoms with Crippen LogP contribution in [0.3, 0.4) is 0 Å². The number of rotatable bonds is 4. The van der Waals surface area contributed by atoms with E-state index in [0.29, 0.717) is 16.4 Å². The second kappa shape index (κ2) is 6.82. The minimum absolute atomic E-state index is 0.00250. The van der Waals surface area contributed by atoms with E-state index in [1.807, 2.05) is 37.3 Å². The molecule has 0 aliphatic carbocycles. The van der Waals surface area contributed by atoms with Gasteiger partial charge in [0.15, 0.2) is 5.11 Å². The van der Waals surface area contributed by atoms with E-state index in [1.165, 1.54) is 17.0 Å². The van der Waals surface area contributed by atoms with Gasteiger partial charge in [0.2, 0.25) is 0 Å². The van der Waals surface area contributed by atoms with Crippen molar-refractivity contribution >= 4 is 35.0 Å². The molecule has 0 aromatic heterocycles. The Morgan fingerprint density at radius 3 is 2.40 bits per heavy atom. The van der Waals surface area contributed by atoms with Gasteiger partial charge in [-0.25, -0.2) is 0 Å². The molecule has 2 aromatic rings. The first-order chi connectivity index (χ1) is 12.0. The topological polar surface area (TPSA) is 75.5 Å².